The number of fused-ring (bicyclic) bond motifs is 1. The van der Waals surface area contributed by atoms with Gasteiger partial charge in [-0.2, -0.15) is 0 Å². The van der Waals surface area contributed by atoms with Crippen LogP contribution in [0.1, 0.15) is 58.1 Å². The molecule has 1 fully saturated rings. The van der Waals surface area contributed by atoms with E-state index in [4.69, 9.17) is 23.5 Å². The third-order valence-corrected chi connectivity index (χ3v) is 6.79. The molecule has 6 nitrogen and oxygen atoms in total. The van der Waals surface area contributed by atoms with Gasteiger partial charge in [-0.1, -0.05) is 43.3 Å². The summed E-state index contributed by atoms with van der Waals surface area (Å²) in [6.07, 6.45) is 0.206. The Balaban J connectivity index is 1.53. The fourth-order valence-electron chi connectivity index (χ4n) is 4.02. The van der Waals surface area contributed by atoms with Gasteiger partial charge in [0.25, 0.3) is 0 Å². The van der Waals surface area contributed by atoms with Gasteiger partial charge in [-0.05, 0) is 62.7 Å². The predicted molar refractivity (Wildman–Crippen MR) is 122 cm³/mol. The van der Waals surface area contributed by atoms with Crippen LogP contribution in [-0.4, -0.2) is 31.1 Å². The first-order chi connectivity index (χ1) is 15.2. The molecule has 0 radical (unpaired) electrons. The van der Waals surface area contributed by atoms with Crippen LogP contribution in [0.2, 0.25) is 5.82 Å². The van der Waals surface area contributed by atoms with Gasteiger partial charge in [0, 0.05) is 0 Å². The molecule has 7 heteroatoms. The minimum atomic E-state index is -0.447. The van der Waals surface area contributed by atoms with Crippen LogP contribution in [0.3, 0.4) is 0 Å². The summed E-state index contributed by atoms with van der Waals surface area (Å²) in [5.74, 6) is 0.858. The summed E-state index contributed by atoms with van der Waals surface area (Å²) in [5.41, 5.74) is 1.03. The average Bonchev–Trinajstić information content (AvgIpc) is 3.31. The van der Waals surface area contributed by atoms with Crippen LogP contribution in [0, 0.1) is 0 Å². The van der Waals surface area contributed by atoms with Gasteiger partial charge < -0.3 is 23.5 Å². The smallest absolute Gasteiger partial charge is 0.461 e. The number of rotatable bonds is 7. The number of ether oxygens (including phenoxy) is 3. The third kappa shape index (κ3) is 4.64. The highest BCUT2D eigenvalue weighted by atomic mass is 16.7. The highest BCUT2D eigenvalue weighted by molar-refractivity contribution is 6.47. The van der Waals surface area contributed by atoms with Crippen molar-refractivity contribution in [2.24, 2.45) is 0 Å². The summed E-state index contributed by atoms with van der Waals surface area (Å²) in [5, 5.41) is 0. The van der Waals surface area contributed by atoms with Gasteiger partial charge in [0.2, 0.25) is 6.79 Å². The van der Waals surface area contributed by atoms with Gasteiger partial charge in [-0.25, -0.2) is 0 Å². The van der Waals surface area contributed by atoms with Crippen LogP contribution in [0.4, 0.5) is 0 Å². The minimum absolute atomic E-state index is 0.0966. The van der Waals surface area contributed by atoms with E-state index >= 15 is 0 Å². The second-order valence-corrected chi connectivity index (χ2v) is 9.55. The number of carbonyl (C=O) groups is 1. The Morgan fingerprint density at radius 3 is 2.34 bits per heavy atom. The van der Waals surface area contributed by atoms with Crippen LogP contribution >= 0.6 is 0 Å². The van der Waals surface area contributed by atoms with Crippen LogP contribution in [0.25, 0.3) is 0 Å². The molecule has 2 heterocycles. The van der Waals surface area contributed by atoms with E-state index in [9.17, 15) is 4.79 Å². The molecule has 2 atom stereocenters. The van der Waals surface area contributed by atoms with Crippen molar-refractivity contribution < 1.29 is 28.3 Å². The molecule has 0 bridgehead atoms. The van der Waals surface area contributed by atoms with Crippen LogP contribution < -0.4 is 9.47 Å². The van der Waals surface area contributed by atoms with Crippen molar-refractivity contribution in [2.45, 2.75) is 70.6 Å². The molecule has 4 rings (SSSR count). The van der Waals surface area contributed by atoms with E-state index in [2.05, 4.69) is 6.92 Å². The Hall–Kier alpha value is -2.51. The number of carbonyl (C=O) groups excluding carboxylic acids is 1. The van der Waals surface area contributed by atoms with Gasteiger partial charge >= 0.3 is 13.1 Å². The lowest BCUT2D eigenvalue weighted by atomic mass is 9.63. The van der Waals surface area contributed by atoms with E-state index in [1.807, 2.05) is 76.2 Å². The number of esters is 1. The van der Waals surface area contributed by atoms with E-state index < -0.39 is 18.3 Å². The lowest BCUT2D eigenvalue weighted by molar-refractivity contribution is -0.145. The molecule has 1 saturated heterocycles. The second-order valence-electron chi connectivity index (χ2n) is 9.55. The van der Waals surface area contributed by atoms with E-state index in [0.717, 1.165) is 11.1 Å². The van der Waals surface area contributed by atoms with Crippen molar-refractivity contribution >= 4 is 13.1 Å². The SMILES string of the molecule is C[C@H](B1OC(C)(C)C(C)(C)O1)[C@@H](CC(=O)OCc1ccccc1)c1ccc2c(c1)OCO2. The summed E-state index contributed by atoms with van der Waals surface area (Å²) in [6, 6.07) is 15.5. The Bertz CT molecular complexity index is 942. The number of hydrogen-bond acceptors (Lipinski definition) is 6. The fourth-order valence-corrected chi connectivity index (χ4v) is 4.02. The molecule has 2 aliphatic heterocycles. The van der Waals surface area contributed by atoms with Gasteiger partial charge in [0.05, 0.1) is 17.6 Å². The molecule has 0 N–H and O–H groups in total. The van der Waals surface area contributed by atoms with Crippen LogP contribution in [0.15, 0.2) is 48.5 Å². The summed E-state index contributed by atoms with van der Waals surface area (Å²) in [4.78, 5) is 12.8. The van der Waals surface area contributed by atoms with Crippen molar-refractivity contribution in [1.29, 1.82) is 0 Å². The molecule has 0 aliphatic carbocycles. The standard InChI is InChI=1S/C25H31BO6/c1-17(26-31-24(2,3)25(4,5)32-26)20(19-11-12-21-22(13-19)30-16-29-21)14-23(27)28-15-18-9-7-6-8-10-18/h6-13,17,20H,14-16H2,1-5H3/t17-,20+/m0/s1. The highest BCUT2D eigenvalue weighted by Gasteiger charge is 2.54. The second kappa shape index (κ2) is 8.79. The lowest BCUT2D eigenvalue weighted by Gasteiger charge is -2.32. The Labute approximate surface area is 190 Å². The van der Waals surface area contributed by atoms with Crippen molar-refractivity contribution in [3.05, 3.63) is 59.7 Å². The maximum absolute atomic E-state index is 12.8. The zero-order chi connectivity index (χ0) is 22.9. The minimum Gasteiger partial charge on any atom is -0.461 e. The quantitative estimate of drug-likeness (QED) is 0.442. The molecule has 0 spiro atoms. The zero-order valence-corrected chi connectivity index (χ0v) is 19.4. The van der Waals surface area contributed by atoms with E-state index in [1.54, 1.807) is 0 Å². The van der Waals surface area contributed by atoms with Crippen molar-refractivity contribution in [2.75, 3.05) is 6.79 Å². The van der Waals surface area contributed by atoms with E-state index in [0.29, 0.717) is 11.5 Å². The molecule has 0 saturated carbocycles. The first kappa shape index (κ1) is 22.7. The number of hydrogen-bond donors (Lipinski definition) is 0. The first-order valence-electron chi connectivity index (χ1n) is 11.1. The zero-order valence-electron chi connectivity index (χ0n) is 19.4. The van der Waals surface area contributed by atoms with E-state index in [1.165, 1.54) is 0 Å². The monoisotopic (exact) mass is 438 g/mol. The third-order valence-electron chi connectivity index (χ3n) is 6.79. The average molecular weight is 438 g/mol. The molecule has 0 amide bonds. The topological polar surface area (TPSA) is 63.2 Å². The van der Waals surface area contributed by atoms with Crippen LogP contribution in [0.5, 0.6) is 11.5 Å². The molecule has 0 unspecified atom stereocenters. The normalized spacial score (nSPS) is 20.1. The van der Waals surface area contributed by atoms with Crippen molar-refractivity contribution in [3.63, 3.8) is 0 Å². The summed E-state index contributed by atoms with van der Waals surface area (Å²) >= 11 is 0. The van der Waals surface area contributed by atoms with Gasteiger partial charge in [0.15, 0.2) is 11.5 Å². The van der Waals surface area contributed by atoms with Gasteiger partial charge in [-0.15, -0.1) is 0 Å². The summed E-state index contributed by atoms with van der Waals surface area (Å²) < 4.78 is 29.2. The molecule has 0 aromatic heterocycles. The first-order valence-corrected chi connectivity index (χ1v) is 11.1. The van der Waals surface area contributed by atoms with Crippen molar-refractivity contribution in [1.82, 2.24) is 0 Å². The number of benzene rings is 2. The van der Waals surface area contributed by atoms with E-state index in [-0.39, 0.29) is 37.5 Å². The lowest BCUT2D eigenvalue weighted by Crippen LogP contribution is -2.41. The molecule has 170 valence electrons. The van der Waals surface area contributed by atoms with Crippen molar-refractivity contribution in [3.8, 4) is 11.5 Å². The largest absolute Gasteiger partial charge is 0.461 e. The van der Waals surface area contributed by atoms with Gasteiger partial charge in [-0.3, -0.25) is 4.79 Å². The Kier molecular flexibility index (Phi) is 6.23. The van der Waals surface area contributed by atoms with Crippen LogP contribution in [-0.2, 0) is 25.4 Å². The summed E-state index contributed by atoms with van der Waals surface area (Å²) in [6.45, 7) is 10.6. The molecular weight excluding hydrogens is 407 g/mol. The maximum Gasteiger partial charge on any atom is 0.461 e. The molecular formula is C25H31BO6. The Morgan fingerprint density at radius 1 is 1.00 bits per heavy atom. The maximum atomic E-state index is 12.8. The summed E-state index contributed by atoms with van der Waals surface area (Å²) in [7, 11) is -0.447. The fraction of sp³-hybridized carbons (Fsp3) is 0.480. The molecule has 32 heavy (non-hydrogen) atoms. The predicted octanol–water partition coefficient (Wildman–Crippen LogP) is 5.11. The molecule has 2 aromatic rings. The van der Waals surface area contributed by atoms with Gasteiger partial charge in [0.1, 0.15) is 6.61 Å². The molecule has 2 aromatic carbocycles. The Morgan fingerprint density at radius 2 is 1.66 bits per heavy atom. The molecule has 2 aliphatic rings. The highest BCUT2D eigenvalue weighted by Crippen LogP contribution is 2.46.